The first kappa shape index (κ1) is 20.6. The molecule has 1 aromatic carbocycles. The largest absolute Gasteiger partial charge is 0.472 e. The third-order valence-electron chi connectivity index (χ3n) is 4.05. The molecule has 1 aliphatic heterocycles. The molecule has 1 aromatic heterocycles. The molecule has 0 spiro atoms. The Hall–Kier alpha value is -2.17. The summed E-state index contributed by atoms with van der Waals surface area (Å²) >= 11 is 0. The van der Waals surface area contributed by atoms with Gasteiger partial charge in [-0.2, -0.15) is 4.39 Å². The van der Waals surface area contributed by atoms with Crippen molar-refractivity contribution in [2.45, 2.75) is 31.8 Å². The molecule has 3 atom stereocenters. The number of nitrogens with one attached hydrogen (secondary N) is 1. The highest BCUT2D eigenvalue weighted by molar-refractivity contribution is 7.47. The number of phosphoric acid groups is 1. The Kier molecular flexibility index (Phi) is 6.21. The van der Waals surface area contributed by atoms with Gasteiger partial charge in [-0.25, -0.2) is 13.8 Å². The van der Waals surface area contributed by atoms with E-state index >= 15 is 0 Å². The van der Waals surface area contributed by atoms with Gasteiger partial charge in [-0.15, -0.1) is 0 Å². The van der Waals surface area contributed by atoms with E-state index in [9.17, 15) is 27.8 Å². The zero-order valence-corrected chi connectivity index (χ0v) is 15.3. The van der Waals surface area contributed by atoms with E-state index < -0.39 is 43.0 Å². The monoisotopic (exact) mass is 418 g/mol. The summed E-state index contributed by atoms with van der Waals surface area (Å²) in [5, 5.41) is 0. The van der Waals surface area contributed by atoms with Crippen molar-refractivity contribution in [3.63, 3.8) is 0 Å². The minimum absolute atomic E-state index is 0.256. The third-order valence-corrected chi connectivity index (χ3v) is 4.98. The van der Waals surface area contributed by atoms with Crippen molar-refractivity contribution in [3.05, 3.63) is 68.5 Å². The van der Waals surface area contributed by atoms with E-state index in [0.717, 1.165) is 10.8 Å². The lowest BCUT2D eigenvalue weighted by Gasteiger charge is -2.17. The molecule has 12 heteroatoms. The number of phosphoric ester groups is 1. The number of ether oxygens (including phenoxy) is 1. The van der Waals surface area contributed by atoms with Crippen LogP contribution < -0.4 is 11.2 Å². The van der Waals surface area contributed by atoms with E-state index in [0.29, 0.717) is 18.4 Å². The van der Waals surface area contributed by atoms with Crippen molar-refractivity contribution in [3.8, 4) is 0 Å². The fourth-order valence-corrected chi connectivity index (χ4v) is 3.38. The molecule has 0 radical (unpaired) electrons. The quantitative estimate of drug-likeness (QED) is 0.659. The van der Waals surface area contributed by atoms with Gasteiger partial charge in [0.15, 0.2) is 0 Å². The Labute approximate surface area is 157 Å². The Morgan fingerprint density at radius 1 is 1.21 bits per heavy atom. The van der Waals surface area contributed by atoms with Crippen LogP contribution in [0.5, 0.6) is 0 Å². The Morgan fingerprint density at radius 2 is 1.93 bits per heavy atom. The van der Waals surface area contributed by atoms with Gasteiger partial charge in [-0.05, 0) is 30.5 Å². The second-order valence-corrected chi connectivity index (χ2v) is 7.55. The van der Waals surface area contributed by atoms with Crippen LogP contribution in [0.25, 0.3) is 0 Å². The van der Waals surface area contributed by atoms with Crippen molar-refractivity contribution in [2.75, 3.05) is 6.61 Å². The van der Waals surface area contributed by atoms with Crippen LogP contribution in [-0.2, 0) is 25.0 Å². The molecule has 0 amide bonds. The van der Waals surface area contributed by atoms with Gasteiger partial charge in [0.1, 0.15) is 12.0 Å². The van der Waals surface area contributed by atoms with E-state index in [-0.39, 0.29) is 13.2 Å². The van der Waals surface area contributed by atoms with Gasteiger partial charge in [0.2, 0.25) is 5.82 Å². The first-order valence-electron chi connectivity index (χ1n) is 8.26. The maximum Gasteiger partial charge on any atom is 0.472 e. The Balaban J connectivity index is 1.52. The molecule has 0 saturated carbocycles. The van der Waals surface area contributed by atoms with Crippen LogP contribution in [0.3, 0.4) is 0 Å². The average molecular weight is 418 g/mol. The molecule has 28 heavy (non-hydrogen) atoms. The molecule has 0 bridgehead atoms. The summed E-state index contributed by atoms with van der Waals surface area (Å²) in [6.45, 7) is -0.553. The van der Waals surface area contributed by atoms with Crippen molar-refractivity contribution in [1.82, 2.24) is 9.55 Å². The molecule has 1 saturated heterocycles. The predicted molar refractivity (Wildman–Crippen MR) is 91.4 cm³/mol. The highest BCUT2D eigenvalue weighted by atomic mass is 31.2. The number of benzene rings is 1. The van der Waals surface area contributed by atoms with E-state index in [1.165, 1.54) is 24.3 Å². The summed E-state index contributed by atoms with van der Waals surface area (Å²) in [6.07, 6.45) is -0.0494. The average Bonchev–Trinajstić information content (AvgIpc) is 3.12. The molecular weight excluding hydrogens is 401 g/mol. The fourth-order valence-electron chi connectivity index (χ4n) is 2.64. The minimum Gasteiger partial charge on any atom is -0.352 e. The zero-order valence-electron chi connectivity index (χ0n) is 14.4. The van der Waals surface area contributed by atoms with Crippen LogP contribution in [-0.4, -0.2) is 27.2 Å². The van der Waals surface area contributed by atoms with E-state index in [2.05, 4.69) is 0 Å². The first-order valence-corrected chi connectivity index (χ1v) is 9.76. The number of H-pyrrole nitrogens is 1. The summed E-state index contributed by atoms with van der Waals surface area (Å²) in [4.78, 5) is 34.4. The number of rotatable bonds is 7. The van der Waals surface area contributed by atoms with Gasteiger partial charge in [0, 0.05) is 0 Å². The van der Waals surface area contributed by atoms with E-state index in [1.807, 2.05) is 4.98 Å². The van der Waals surface area contributed by atoms with Crippen molar-refractivity contribution in [2.24, 2.45) is 0 Å². The minimum atomic E-state index is -4.39. The molecule has 2 heterocycles. The number of halogens is 2. The van der Waals surface area contributed by atoms with Crippen LogP contribution in [0.2, 0.25) is 0 Å². The standard InChI is InChI=1S/C16H17F2N2O7P/c17-11-3-1-10(2-4-11)8-25-28(23,24)26-9-12-5-6-14(27-12)20-7-13(18)15(21)19-16(20)22/h1-4,7,12,14H,5-6,8-9H2,(H,23,24)(H,19,21,22)/t12-,14+/m0/s1. The normalized spacial score (nSPS) is 21.5. The molecule has 152 valence electrons. The lowest BCUT2D eigenvalue weighted by molar-refractivity contribution is -0.0267. The smallest absolute Gasteiger partial charge is 0.352 e. The zero-order chi connectivity index (χ0) is 20.3. The number of hydrogen-bond donors (Lipinski definition) is 2. The number of aromatic amines is 1. The second-order valence-electron chi connectivity index (χ2n) is 6.10. The van der Waals surface area contributed by atoms with Gasteiger partial charge >= 0.3 is 13.5 Å². The first-order chi connectivity index (χ1) is 13.2. The predicted octanol–water partition coefficient (Wildman–Crippen LogP) is 1.83. The molecule has 1 unspecified atom stereocenters. The SMILES string of the molecule is O=c1[nH]c(=O)n([C@H]2CC[C@@H](COP(=O)(O)OCc3ccc(F)cc3)O2)cc1F. The van der Waals surface area contributed by atoms with Crippen LogP contribution in [0.4, 0.5) is 8.78 Å². The molecule has 2 aromatic rings. The molecule has 0 aliphatic carbocycles. The highest BCUT2D eigenvalue weighted by Gasteiger charge is 2.31. The van der Waals surface area contributed by atoms with E-state index in [4.69, 9.17) is 13.8 Å². The fraction of sp³-hybridized carbons (Fsp3) is 0.375. The van der Waals surface area contributed by atoms with Crippen LogP contribution in [0.1, 0.15) is 24.6 Å². The summed E-state index contributed by atoms with van der Waals surface area (Å²) in [6, 6.07) is 5.19. The molecule has 1 fully saturated rings. The lowest BCUT2D eigenvalue weighted by atomic mass is 10.2. The summed E-state index contributed by atoms with van der Waals surface area (Å²) in [5.41, 5.74) is -1.47. The van der Waals surface area contributed by atoms with Crippen molar-refractivity contribution in [1.29, 1.82) is 0 Å². The highest BCUT2D eigenvalue weighted by Crippen LogP contribution is 2.45. The number of nitrogens with zero attached hydrogens (tertiary/aromatic N) is 1. The van der Waals surface area contributed by atoms with Gasteiger partial charge in [0.25, 0.3) is 5.56 Å². The lowest BCUT2D eigenvalue weighted by Crippen LogP contribution is -2.34. The summed E-state index contributed by atoms with van der Waals surface area (Å²) in [5.74, 6) is -1.57. The van der Waals surface area contributed by atoms with Gasteiger partial charge in [-0.3, -0.25) is 23.4 Å². The third kappa shape index (κ3) is 5.21. The van der Waals surface area contributed by atoms with Crippen molar-refractivity contribution >= 4 is 7.82 Å². The topological polar surface area (TPSA) is 120 Å². The molecule has 1 aliphatic rings. The van der Waals surface area contributed by atoms with Crippen LogP contribution >= 0.6 is 7.82 Å². The number of hydrogen-bond acceptors (Lipinski definition) is 6. The van der Waals surface area contributed by atoms with Gasteiger partial charge < -0.3 is 9.63 Å². The van der Waals surface area contributed by atoms with Gasteiger partial charge in [0.05, 0.1) is 25.5 Å². The molecule has 3 rings (SSSR count). The maximum absolute atomic E-state index is 13.4. The summed E-state index contributed by atoms with van der Waals surface area (Å²) in [7, 11) is -4.39. The second kappa shape index (κ2) is 8.46. The van der Waals surface area contributed by atoms with Crippen LogP contribution in [0.15, 0.2) is 40.1 Å². The van der Waals surface area contributed by atoms with Crippen molar-refractivity contribution < 1.29 is 32.0 Å². The molecule has 9 nitrogen and oxygen atoms in total. The summed E-state index contributed by atoms with van der Waals surface area (Å²) < 4.78 is 54.3. The molecular formula is C16H17F2N2O7P. The molecule has 2 N–H and O–H groups in total. The van der Waals surface area contributed by atoms with Gasteiger partial charge in [-0.1, -0.05) is 12.1 Å². The number of aromatic nitrogens is 2. The van der Waals surface area contributed by atoms with Crippen LogP contribution in [0, 0.1) is 11.6 Å². The Morgan fingerprint density at radius 3 is 2.64 bits per heavy atom. The Bertz CT molecular complexity index is 992. The van der Waals surface area contributed by atoms with E-state index in [1.54, 1.807) is 0 Å². The maximum atomic E-state index is 13.4.